The van der Waals surface area contributed by atoms with E-state index >= 15 is 0 Å². The zero-order chi connectivity index (χ0) is 21.0. The SMILES string of the molecule is COC(=O)c1ccccc1C(=O)N(CCCN(C)C)c1nc2c(Cl)cccc2s1.Cl. The number of carbonyl (C=O) groups is 2. The third-order valence-electron chi connectivity index (χ3n) is 4.38. The minimum atomic E-state index is -0.547. The lowest BCUT2D eigenvalue weighted by Crippen LogP contribution is -2.34. The lowest BCUT2D eigenvalue weighted by Gasteiger charge is -2.22. The number of aromatic nitrogens is 1. The second-order valence-electron chi connectivity index (χ2n) is 6.73. The molecule has 1 amide bonds. The van der Waals surface area contributed by atoms with Gasteiger partial charge >= 0.3 is 5.97 Å². The van der Waals surface area contributed by atoms with Crippen LogP contribution >= 0.6 is 35.3 Å². The third-order valence-corrected chi connectivity index (χ3v) is 5.73. The largest absolute Gasteiger partial charge is 0.465 e. The number of ether oxygens (including phenoxy) is 1. The van der Waals surface area contributed by atoms with E-state index in [1.807, 2.05) is 26.2 Å². The summed E-state index contributed by atoms with van der Waals surface area (Å²) in [4.78, 5) is 33.9. The molecule has 3 aromatic rings. The molecule has 30 heavy (non-hydrogen) atoms. The minimum absolute atomic E-state index is 0. The number of nitrogens with zero attached hydrogens (tertiary/aromatic N) is 3. The summed E-state index contributed by atoms with van der Waals surface area (Å²) < 4.78 is 5.74. The van der Waals surface area contributed by atoms with Gasteiger partial charge in [0.15, 0.2) is 5.13 Å². The molecule has 0 radical (unpaired) electrons. The van der Waals surface area contributed by atoms with Crippen LogP contribution in [0.3, 0.4) is 0 Å². The average molecular weight is 468 g/mol. The van der Waals surface area contributed by atoms with Crippen molar-refractivity contribution >= 4 is 62.6 Å². The van der Waals surface area contributed by atoms with Crippen molar-refractivity contribution in [3.8, 4) is 0 Å². The first-order chi connectivity index (χ1) is 13.9. The Morgan fingerprint density at radius 2 is 1.77 bits per heavy atom. The van der Waals surface area contributed by atoms with Gasteiger partial charge < -0.3 is 9.64 Å². The normalized spacial score (nSPS) is 10.7. The first kappa shape index (κ1) is 24.1. The Balaban J connectivity index is 0.00000320. The van der Waals surface area contributed by atoms with Crippen LogP contribution < -0.4 is 4.90 Å². The number of carbonyl (C=O) groups excluding carboxylic acids is 2. The number of amides is 1. The van der Waals surface area contributed by atoms with Gasteiger partial charge in [-0.2, -0.15) is 0 Å². The Morgan fingerprint density at radius 1 is 1.07 bits per heavy atom. The molecule has 0 aliphatic rings. The van der Waals surface area contributed by atoms with Crippen LogP contribution in [0.25, 0.3) is 10.2 Å². The number of hydrogen-bond acceptors (Lipinski definition) is 6. The van der Waals surface area contributed by atoms with E-state index in [0.717, 1.165) is 17.7 Å². The fourth-order valence-electron chi connectivity index (χ4n) is 2.95. The number of esters is 1. The van der Waals surface area contributed by atoms with Crippen molar-refractivity contribution in [3.05, 3.63) is 58.6 Å². The second kappa shape index (κ2) is 10.7. The highest BCUT2D eigenvalue weighted by Gasteiger charge is 2.25. The molecule has 0 aliphatic heterocycles. The van der Waals surface area contributed by atoms with Crippen LogP contribution in [0.2, 0.25) is 5.02 Å². The van der Waals surface area contributed by atoms with Gasteiger partial charge in [-0.25, -0.2) is 9.78 Å². The van der Waals surface area contributed by atoms with Crippen LogP contribution in [0.4, 0.5) is 5.13 Å². The maximum absolute atomic E-state index is 13.5. The van der Waals surface area contributed by atoms with Gasteiger partial charge in [0.05, 0.1) is 28.0 Å². The first-order valence-electron chi connectivity index (χ1n) is 9.11. The van der Waals surface area contributed by atoms with Crippen molar-refractivity contribution in [1.82, 2.24) is 9.88 Å². The summed E-state index contributed by atoms with van der Waals surface area (Å²) >= 11 is 7.68. The zero-order valence-corrected chi connectivity index (χ0v) is 19.3. The van der Waals surface area contributed by atoms with Crippen molar-refractivity contribution in [2.45, 2.75) is 6.42 Å². The first-order valence-corrected chi connectivity index (χ1v) is 10.3. The highest BCUT2D eigenvalue weighted by Crippen LogP contribution is 2.33. The number of halogens is 2. The lowest BCUT2D eigenvalue weighted by molar-refractivity contribution is 0.0597. The monoisotopic (exact) mass is 467 g/mol. The molecular formula is C21H23Cl2N3O3S. The van der Waals surface area contributed by atoms with Gasteiger partial charge in [0.1, 0.15) is 5.52 Å². The van der Waals surface area contributed by atoms with E-state index in [1.165, 1.54) is 18.4 Å². The number of para-hydroxylation sites is 1. The van der Waals surface area contributed by atoms with E-state index in [2.05, 4.69) is 9.88 Å². The Labute approximate surface area is 190 Å². The Kier molecular flexibility index (Phi) is 8.61. The van der Waals surface area contributed by atoms with Crippen LogP contribution in [0.1, 0.15) is 27.1 Å². The number of hydrogen-bond donors (Lipinski definition) is 0. The van der Waals surface area contributed by atoms with Crippen LogP contribution in [0.5, 0.6) is 0 Å². The smallest absolute Gasteiger partial charge is 0.338 e. The Hall–Kier alpha value is -2.19. The molecule has 2 aromatic carbocycles. The van der Waals surface area contributed by atoms with Crippen molar-refractivity contribution in [2.75, 3.05) is 39.2 Å². The number of thiazole rings is 1. The lowest BCUT2D eigenvalue weighted by atomic mass is 10.1. The van der Waals surface area contributed by atoms with Crippen molar-refractivity contribution in [1.29, 1.82) is 0 Å². The van der Waals surface area contributed by atoms with Gasteiger partial charge in [-0.1, -0.05) is 41.1 Å². The summed E-state index contributed by atoms with van der Waals surface area (Å²) in [6.45, 7) is 1.28. The van der Waals surface area contributed by atoms with E-state index in [-0.39, 0.29) is 29.4 Å². The van der Waals surface area contributed by atoms with E-state index < -0.39 is 5.97 Å². The molecule has 0 spiro atoms. The molecule has 0 N–H and O–H groups in total. The molecule has 160 valence electrons. The summed E-state index contributed by atoms with van der Waals surface area (Å²) in [5.74, 6) is -0.838. The molecule has 0 saturated carbocycles. The second-order valence-corrected chi connectivity index (χ2v) is 8.15. The molecule has 9 heteroatoms. The number of anilines is 1. The van der Waals surface area contributed by atoms with Crippen molar-refractivity contribution < 1.29 is 14.3 Å². The quantitative estimate of drug-likeness (QED) is 0.468. The van der Waals surface area contributed by atoms with E-state index in [4.69, 9.17) is 16.3 Å². The summed E-state index contributed by atoms with van der Waals surface area (Å²) in [7, 11) is 5.26. The molecular weight excluding hydrogens is 445 g/mol. The maximum atomic E-state index is 13.5. The topological polar surface area (TPSA) is 62.7 Å². The summed E-state index contributed by atoms with van der Waals surface area (Å²) in [6, 6.07) is 12.2. The highest BCUT2D eigenvalue weighted by atomic mass is 35.5. The predicted molar refractivity (Wildman–Crippen MR) is 125 cm³/mol. The van der Waals surface area contributed by atoms with Gasteiger partial charge in [-0.3, -0.25) is 9.69 Å². The highest BCUT2D eigenvalue weighted by molar-refractivity contribution is 7.22. The fraction of sp³-hybridized carbons (Fsp3) is 0.286. The summed E-state index contributed by atoms with van der Waals surface area (Å²) in [5, 5.41) is 1.09. The summed E-state index contributed by atoms with van der Waals surface area (Å²) in [6.07, 6.45) is 0.753. The standard InChI is InChI=1S/C21H22ClN3O3S.ClH/c1-24(2)12-7-13-25(21-23-18-16(22)10-6-11-17(18)29-21)19(26)14-8-4-5-9-15(14)20(27)28-3;/h4-6,8-11H,7,12-13H2,1-3H3;1H. The predicted octanol–water partition coefficient (Wildman–Crippen LogP) is 4.76. The number of rotatable bonds is 7. The number of fused-ring (bicyclic) bond motifs is 1. The molecule has 0 atom stereocenters. The molecule has 6 nitrogen and oxygen atoms in total. The summed E-state index contributed by atoms with van der Waals surface area (Å²) in [5.41, 5.74) is 1.19. The fourth-order valence-corrected chi connectivity index (χ4v) is 4.24. The molecule has 3 rings (SSSR count). The average Bonchev–Trinajstić information content (AvgIpc) is 3.15. The van der Waals surface area contributed by atoms with Crippen molar-refractivity contribution in [3.63, 3.8) is 0 Å². The number of benzene rings is 2. The Bertz CT molecular complexity index is 1040. The third kappa shape index (κ3) is 5.29. The van der Waals surface area contributed by atoms with Gasteiger partial charge in [-0.05, 0) is 51.3 Å². The van der Waals surface area contributed by atoms with E-state index in [9.17, 15) is 9.59 Å². The van der Waals surface area contributed by atoms with Crippen LogP contribution in [0.15, 0.2) is 42.5 Å². The van der Waals surface area contributed by atoms with Gasteiger partial charge in [-0.15, -0.1) is 12.4 Å². The van der Waals surface area contributed by atoms with Gasteiger partial charge in [0, 0.05) is 6.54 Å². The van der Waals surface area contributed by atoms with Gasteiger partial charge in [0.25, 0.3) is 5.91 Å². The van der Waals surface area contributed by atoms with Crippen molar-refractivity contribution in [2.24, 2.45) is 0 Å². The van der Waals surface area contributed by atoms with Gasteiger partial charge in [0.2, 0.25) is 0 Å². The zero-order valence-electron chi connectivity index (χ0n) is 16.9. The molecule has 0 fully saturated rings. The molecule has 0 unspecified atom stereocenters. The molecule has 0 bridgehead atoms. The molecule has 1 aromatic heterocycles. The molecule has 0 aliphatic carbocycles. The van der Waals surface area contributed by atoms with Crippen LogP contribution in [-0.4, -0.2) is 56.1 Å². The minimum Gasteiger partial charge on any atom is -0.465 e. The van der Waals surface area contributed by atoms with E-state index in [0.29, 0.717) is 22.2 Å². The maximum Gasteiger partial charge on any atom is 0.338 e. The Morgan fingerprint density at radius 3 is 2.40 bits per heavy atom. The van der Waals surface area contributed by atoms with Crippen LogP contribution in [-0.2, 0) is 4.74 Å². The molecule has 1 heterocycles. The van der Waals surface area contributed by atoms with Crippen LogP contribution in [0, 0.1) is 0 Å². The number of methoxy groups -OCH3 is 1. The van der Waals surface area contributed by atoms with E-state index in [1.54, 1.807) is 35.2 Å². The molecule has 0 saturated heterocycles.